The Bertz CT molecular complexity index is 456. The van der Waals surface area contributed by atoms with Crippen molar-refractivity contribution in [2.24, 2.45) is 0 Å². The topological polar surface area (TPSA) is 40.6 Å². The quantitative estimate of drug-likeness (QED) is 0.722. The number of likely N-dealkylation sites (N-methyl/N-ethyl adjacent to an activating group) is 1. The molecule has 1 aromatic carbocycles. The summed E-state index contributed by atoms with van der Waals surface area (Å²) in [4.78, 5) is 27.0. The second kappa shape index (κ2) is 4.57. The average Bonchev–Trinajstić information content (AvgIpc) is 2.32. The highest BCUT2D eigenvalue weighted by Crippen LogP contribution is 2.10. The molecular formula is C13H16N2O2. The highest BCUT2D eigenvalue weighted by Gasteiger charge is 2.25. The van der Waals surface area contributed by atoms with Crippen LogP contribution in [0.2, 0.25) is 0 Å². The van der Waals surface area contributed by atoms with Gasteiger partial charge in [0.15, 0.2) is 0 Å². The van der Waals surface area contributed by atoms with Crippen LogP contribution in [-0.2, 0) is 4.79 Å². The number of carbonyl (C=O) groups excluding carboxylic acids is 2. The maximum Gasteiger partial charge on any atom is 0.254 e. The minimum Gasteiger partial charge on any atom is -0.342 e. The van der Waals surface area contributed by atoms with Gasteiger partial charge >= 0.3 is 0 Å². The summed E-state index contributed by atoms with van der Waals surface area (Å²) in [5, 5.41) is 0. The molecule has 4 nitrogen and oxygen atoms in total. The van der Waals surface area contributed by atoms with Crippen LogP contribution in [-0.4, -0.2) is 48.3 Å². The fraction of sp³-hybridized carbons (Fsp3) is 0.385. The number of rotatable bonds is 1. The highest BCUT2D eigenvalue weighted by atomic mass is 16.2. The van der Waals surface area contributed by atoms with Gasteiger partial charge in [-0.05, 0) is 19.1 Å². The molecule has 2 rings (SSSR count). The van der Waals surface area contributed by atoms with E-state index in [2.05, 4.69) is 0 Å². The van der Waals surface area contributed by atoms with E-state index >= 15 is 0 Å². The Balaban J connectivity index is 2.13. The lowest BCUT2D eigenvalue weighted by Gasteiger charge is -2.32. The normalized spacial score (nSPS) is 16.2. The van der Waals surface area contributed by atoms with E-state index in [1.807, 2.05) is 25.1 Å². The zero-order chi connectivity index (χ0) is 12.4. The lowest BCUT2D eigenvalue weighted by atomic mass is 10.1. The van der Waals surface area contributed by atoms with Gasteiger partial charge in [0.2, 0.25) is 5.91 Å². The summed E-state index contributed by atoms with van der Waals surface area (Å²) >= 11 is 0. The van der Waals surface area contributed by atoms with Crippen LogP contribution in [0.15, 0.2) is 24.3 Å². The number of hydrogen-bond donors (Lipinski definition) is 0. The zero-order valence-electron chi connectivity index (χ0n) is 10.1. The molecule has 0 unspecified atom stereocenters. The van der Waals surface area contributed by atoms with Gasteiger partial charge in [-0.1, -0.05) is 17.7 Å². The molecule has 90 valence electrons. The Morgan fingerprint density at radius 2 is 2.06 bits per heavy atom. The maximum absolute atomic E-state index is 12.2. The van der Waals surface area contributed by atoms with Gasteiger partial charge in [0, 0.05) is 25.7 Å². The summed E-state index contributed by atoms with van der Waals surface area (Å²) < 4.78 is 0. The second-order valence-electron chi connectivity index (χ2n) is 4.41. The molecule has 1 aliphatic rings. The minimum atomic E-state index is -0.0600. The molecule has 4 heteroatoms. The van der Waals surface area contributed by atoms with Gasteiger partial charge in [-0.25, -0.2) is 0 Å². The van der Waals surface area contributed by atoms with Gasteiger partial charge in [-0.2, -0.15) is 0 Å². The average molecular weight is 232 g/mol. The van der Waals surface area contributed by atoms with Crippen LogP contribution in [0.25, 0.3) is 0 Å². The van der Waals surface area contributed by atoms with E-state index in [-0.39, 0.29) is 18.4 Å². The van der Waals surface area contributed by atoms with E-state index < -0.39 is 0 Å². The summed E-state index contributed by atoms with van der Waals surface area (Å²) in [7, 11) is 1.76. The fourth-order valence-electron chi connectivity index (χ4n) is 1.89. The maximum atomic E-state index is 12.2. The van der Waals surface area contributed by atoms with Crippen LogP contribution in [0.1, 0.15) is 15.9 Å². The molecule has 1 fully saturated rings. The number of amides is 2. The molecule has 1 aliphatic heterocycles. The summed E-state index contributed by atoms with van der Waals surface area (Å²) in [6, 6.07) is 7.45. The molecule has 0 spiro atoms. The monoisotopic (exact) mass is 232 g/mol. The van der Waals surface area contributed by atoms with Crippen LogP contribution in [0, 0.1) is 6.92 Å². The first-order valence-electron chi connectivity index (χ1n) is 5.68. The van der Waals surface area contributed by atoms with Crippen LogP contribution < -0.4 is 0 Å². The highest BCUT2D eigenvalue weighted by molar-refractivity contribution is 5.97. The summed E-state index contributed by atoms with van der Waals surface area (Å²) in [6.07, 6.45) is 0. The third-order valence-electron chi connectivity index (χ3n) is 3.01. The number of carbonyl (C=O) groups is 2. The van der Waals surface area contributed by atoms with Crippen LogP contribution in [0.4, 0.5) is 0 Å². The summed E-state index contributed by atoms with van der Waals surface area (Å²) in [6.45, 7) is 3.35. The predicted octanol–water partition coefficient (Wildman–Crippen LogP) is 0.909. The molecule has 0 saturated carbocycles. The Morgan fingerprint density at radius 3 is 2.71 bits per heavy atom. The molecule has 17 heavy (non-hydrogen) atoms. The molecule has 1 heterocycles. The van der Waals surface area contributed by atoms with Gasteiger partial charge < -0.3 is 9.80 Å². The molecule has 0 aromatic heterocycles. The first kappa shape index (κ1) is 11.6. The lowest BCUT2D eigenvalue weighted by Crippen LogP contribution is -2.50. The van der Waals surface area contributed by atoms with E-state index in [1.165, 1.54) is 0 Å². The lowest BCUT2D eigenvalue weighted by molar-refractivity contribution is -0.133. The van der Waals surface area contributed by atoms with Crippen molar-refractivity contribution >= 4 is 11.8 Å². The van der Waals surface area contributed by atoms with Gasteiger partial charge in [0.05, 0.1) is 0 Å². The number of hydrogen-bond acceptors (Lipinski definition) is 2. The van der Waals surface area contributed by atoms with Gasteiger partial charge in [-0.15, -0.1) is 0 Å². The zero-order valence-corrected chi connectivity index (χ0v) is 10.1. The van der Waals surface area contributed by atoms with Crippen molar-refractivity contribution in [1.29, 1.82) is 0 Å². The van der Waals surface area contributed by atoms with Crippen LogP contribution >= 0.6 is 0 Å². The van der Waals surface area contributed by atoms with Crippen LogP contribution in [0.5, 0.6) is 0 Å². The summed E-state index contributed by atoms with van der Waals surface area (Å²) in [5.74, 6) is -0.0626. The molecule has 2 amide bonds. The largest absolute Gasteiger partial charge is 0.342 e. The van der Waals surface area contributed by atoms with E-state index in [0.717, 1.165) is 5.56 Å². The van der Waals surface area contributed by atoms with Crippen molar-refractivity contribution in [3.05, 3.63) is 35.4 Å². The first-order valence-corrected chi connectivity index (χ1v) is 5.68. The molecule has 0 aliphatic carbocycles. The molecule has 0 N–H and O–H groups in total. The molecule has 1 saturated heterocycles. The van der Waals surface area contributed by atoms with Crippen LogP contribution in [0.3, 0.4) is 0 Å². The van der Waals surface area contributed by atoms with Crippen molar-refractivity contribution in [2.45, 2.75) is 6.92 Å². The second-order valence-corrected chi connectivity index (χ2v) is 4.41. The third kappa shape index (κ3) is 2.46. The SMILES string of the molecule is Cc1cccc(C(=O)N2CCN(C)C(=O)C2)c1. The van der Waals surface area contributed by atoms with E-state index in [9.17, 15) is 9.59 Å². The van der Waals surface area contributed by atoms with Crippen molar-refractivity contribution < 1.29 is 9.59 Å². The smallest absolute Gasteiger partial charge is 0.254 e. The molecule has 1 aromatic rings. The van der Waals surface area contributed by atoms with E-state index in [0.29, 0.717) is 18.7 Å². The Hall–Kier alpha value is -1.84. The van der Waals surface area contributed by atoms with Crippen molar-refractivity contribution in [2.75, 3.05) is 26.7 Å². The summed E-state index contributed by atoms with van der Waals surface area (Å²) in [5.41, 5.74) is 1.71. The molecule has 0 radical (unpaired) electrons. The fourth-order valence-corrected chi connectivity index (χ4v) is 1.89. The Morgan fingerprint density at radius 1 is 1.29 bits per heavy atom. The number of nitrogens with zero attached hydrogens (tertiary/aromatic N) is 2. The van der Waals surface area contributed by atoms with E-state index in [4.69, 9.17) is 0 Å². The number of aryl methyl sites for hydroxylation is 1. The number of benzene rings is 1. The van der Waals surface area contributed by atoms with Gasteiger partial charge in [0.25, 0.3) is 5.91 Å². The molecular weight excluding hydrogens is 216 g/mol. The molecule has 0 bridgehead atoms. The van der Waals surface area contributed by atoms with Crippen molar-refractivity contribution in [1.82, 2.24) is 9.80 Å². The minimum absolute atomic E-state index is 0.00254. The Kier molecular flexibility index (Phi) is 3.13. The van der Waals surface area contributed by atoms with Crippen molar-refractivity contribution in [3.8, 4) is 0 Å². The standard InChI is InChI=1S/C13H16N2O2/c1-10-4-3-5-11(8-10)13(17)15-7-6-14(2)12(16)9-15/h3-5,8H,6-7,9H2,1-2H3. The first-order chi connectivity index (χ1) is 8.08. The third-order valence-corrected chi connectivity index (χ3v) is 3.01. The Labute approximate surface area is 101 Å². The predicted molar refractivity (Wildman–Crippen MR) is 64.7 cm³/mol. The number of piperazine rings is 1. The van der Waals surface area contributed by atoms with E-state index in [1.54, 1.807) is 22.9 Å². The van der Waals surface area contributed by atoms with Gasteiger partial charge in [-0.3, -0.25) is 9.59 Å². The molecule has 0 atom stereocenters. The van der Waals surface area contributed by atoms with Gasteiger partial charge in [0.1, 0.15) is 6.54 Å². The van der Waals surface area contributed by atoms with Crippen molar-refractivity contribution in [3.63, 3.8) is 0 Å².